The van der Waals surface area contributed by atoms with Gasteiger partial charge in [-0.3, -0.25) is 13.9 Å². The molecule has 5 rings (SSSR count). The van der Waals surface area contributed by atoms with Gasteiger partial charge in [-0.15, -0.1) is 0 Å². The van der Waals surface area contributed by atoms with Crippen LogP contribution in [0.2, 0.25) is 0 Å². The van der Waals surface area contributed by atoms with E-state index in [1.54, 1.807) is 21.7 Å². The largest absolute Gasteiger partial charge is 0.453 e. The number of hydrogen-bond donors (Lipinski definition) is 1. The van der Waals surface area contributed by atoms with Crippen molar-refractivity contribution in [2.75, 3.05) is 25.5 Å². The molecule has 1 aliphatic rings. The Morgan fingerprint density at radius 2 is 1.97 bits per heavy atom. The van der Waals surface area contributed by atoms with Crippen molar-refractivity contribution in [2.45, 2.75) is 13.0 Å². The topological polar surface area (TPSA) is 93.8 Å². The molecule has 1 aliphatic heterocycles. The molecule has 4 aromatic rings. The lowest BCUT2D eigenvalue weighted by Crippen LogP contribution is -2.50. The third kappa shape index (κ3) is 3.47. The van der Waals surface area contributed by atoms with Crippen molar-refractivity contribution in [1.82, 2.24) is 24.1 Å². The van der Waals surface area contributed by atoms with Crippen LogP contribution in [0.1, 0.15) is 22.1 Å². The van der Waals surface area contributed by atoms with Crippen molar-refractivity contribution in [3.8, 4) is 11.1 Å². The quantitative estimate of drug-likeness (QED) is 0.536. The maximum absolute atomic E-state index is 12.9. The summed E-state index contributed by atoms with van der Waals surface area (Å²) in [6.07, 6.45) is 6.82. The van der Waals surface area contributed by atoms with Crippen molar-refractivity contribution < 1.29 is 14.3 Å². The molecule has 3 aromatic heterocycles. The monoisotopic (exact) mass is 430 g/mol. The fourth-order valence-electron chi connectivity index (χ4n) is 3.81. The highest BCUT2D eigenvalue weighted by molar-refractivity contribution is 6.04. The number of fused-ring (bicyclic) bond motifs is 1. The van der Waals surface area contributed by atoms with Gasteiger partial charge in [0.1, 0.15) is 11.3 Å². The van der Waals surface area contributed by atoms with Gasteiger partial charge in [0, 0.05) is 36.7 Å². The number of ether oxygens (including phenoxy) is 1. The standard InChI is InChI=1S/C23H22N6O3/c1-15-6-7-16(17-10-25-29(12-17)18-13-27(14-18)23(31)32-2)9-19(15)26-22(30)20-11-24-21-5-3-4-8-28(20)21/h3-12,18H,13-14H2,1-2H3,(H,26,30). The van der Waals surface area contributed by atoms with Gasteiger partial charge in [0.25, 0.3) is 5.91 Å². The average molecular weight is 430 g/mol. The third-order valence-electron chi connectivity index (χ3n) is 5.74. The van der Waals surface area contributed by atoms with E-state index in [1.165, 1.54) is 7.11 Å². The number of imidazole rings is 1. The number of nitrogens with one attached hydrogen (secondary N) is 1. The second-order valence-electron chi connectivity index (χ2n) is 7.79. The summed E-state index contributed by atoms with van der Waals surface area (Å²) in [5, 5.41) is 7.47. The second kappa shape index (κ2) is 7.84. The molecule has 0 aliphatic carbocycles. The lowest BCUT2D eigenvalue weighted by Gasteiger charge is -2.37. The SMILES string of the molecule is COC(=O)N1CC(n2cc(-c3ccc(C)c(NC(=O)c4cnc5ccccn45)c3)cn2)C1. The van der Waals surface area contributed by atoms with Crippen LogP contribution in [0.4, 0.5) is 10.5 Å². The van der Waals surface area contributed by atoms with Gasteiger partial charge in [0.2, 0.25) is 0 Å². The summed E-state index contributed by atoms with van der Waals surface area (Å²) < 4.78 is 8.36. The van der Waals surface area contributed by atoms with Crippen LogP contribution >= 0.6 is 0 Å². The zero-order chi connectivity index (χ0) is 22.2. The Hall–Kier alpha value is -4.14. The molecule has 9 heteroatoms. The number of anilines is 1. The first-order valence-electron chi connectivity index (χ1n) is 10.2. The van der Waals surface area contributed by atoms with E-state index in [4.69, 9.17) is 4.74 Å². The molecule has 0 spiro atoms. The summed E-state index contributed by atoms with van der Waals surface area (Å²) in [5.41, 5.74) is 4.75. The molecular formula is C23H22N6O3. The Balaban J connectivity index is 1.34. The van der Waals surface area contributed by atoms with E-state index >= 15 is 0 Å². The Bertz CT molecular complexity index is 1320. The number of methoxy groups -OCH3 is 1. The summed E-state index contributed by atoms with van der Waals surface area (Å²) in [6.45, 7) is 3.09. The number of aromatic nitrogens is 4. The molecule has 1 saturated heterocycles. The van der Waals surface area contributed by atoms with Gasteiger partial charge in [-0.05, 0) is 36.2 Å². The molecule has 0 atom stereocenters. The minimum atomic E-state index is -0.321. The number of rotatable bonds is 4. The van der Waals surface area contributed by atoms with Crippen LogP contribution in [0.25, 0.3) is 16.8 Å². The number of aryl methyl sites for hydroxylation is 1. The molecule has 0 radical (unpaired) electrons. The number of likely N-dealkylation sites (tertiary alicyclic amines) is 1. The lowest BCUT2D eigenvalue weighted by molar-refractivity contribution is 0.0674. The summed E-state index contributed by atoms with van der Waals surface area (Å²) in [5.74, 6) is -0.225. The first kappa shape index (κ1) is 19.8. The number of nitrogens with zero attached hydrogens (tertiary/aromatic N) is 5. The molecule has 1 aromatic carbocycles. The molecule has 0 bridgehead atoms. The number of carbonyl (C=O) groups is 2. The van der Waals surface area contributed by atoms with E-state index in [2.05, 4.69) is 15.4 Å². The fourth-order valence-corrected chi connectivity index (χ4v) is 3.81. The van der Waals surface area contributed by atoms with Crippen LogP contribution in [-0.2, 0) is 4.74 Å². The molecule has 1 fully saturated rings. The molecule has 1 N–H and O–H groups in total. The number of carbonyl (C=O) groups excluding carboxylic acids is 2. The molecule has 0 unspecified atom stereocenters. The van der Waals surface area contributed by atoms with Crippen LogP contribution in [0, 0.1) is 6.92 Å². The van der Waals surface area contributed by atoms with Crippen LogP contribution in [0.3, 0.4) is 0 Å². The zero-order valence-electron chi connectivity index (χ0n) is 17.7. The Morgan fingerprint density at radius 1 is 1.12 bits per heavy atom. The Morgan fingerprint density at radius 3 is 2.78 bits per heavy atom. The first-order chi connectivity index (χ1) is 15.5. The van der Waals surface area contributed by atoms with Crippen LogP contribution in [0.15, 0.2) is 61.2 Å². The molecule has 4 heterocycles. The highest BCUT2D eigenvalue weighted by atomic mass is 16.5. The molecule has 9 nitrogen and oxygen atoms in total. The van der Waals surface area contributed by atoms with E-state index in [-0.39, 0.29) is 18.0 Å². The van der Waals surface area contributed by atoms with Gasteiger partial charge >= 0.3 is 6.09 Å². The number of amides is 2. The van der Waals surface area contributed by atoms with Crippen molar-refractivity contribution >= 4 is 23.3 Å². The molecule has 162 valence electrons. The third-order valence-corrected chi connectivity index (χ3v) is 5.74. The van der Waals surface area contributed by atoms with Gasteiger partial charge < -0.3 is 15.0 Å². The minimum Gasteiger partial charge on any atom is -0.453 e. The van der Waals surface area contributed by atoms with Crippen molar-refractivity contribution in [1.29, 1.82) is 0 Å². The number of pyridine rings is 1. The maximum atomic E-state index is 12.9. The smallest absolute Gasteiger partial charge is 0.409 e. The predicted octanol–water partition coefficient (Wildman–Crippen LogP) is 3.38. The molecule has 0 saturated carbocycles. The Labute approximate surface area is 184 Å². The van der Waals surface area contributed by atoms with E-state index in [9.17, 15) is 9.59 Å². The van der Waals surface area contributed by atoms with E-state index in [0.717, 1.165) is 28.0 Å². The fraction of sp³-hybridized carbons (Fsp3) is 0.217. The lowest BCUT2D eigenvalue weighted by atomic mass is 10.1. The summed E-state index contributed by atoms with van der Waals surface area (Å²) >= 11 is 0. The van der Waals surface area contributed by atoms with Crippen molar-refractivity contribution in [3.05, 3.63) is 72.4 Å². The maximum Gasteiger partial charge on any atom is 0.409 e. The minimum absolute atomic E-state index is 0.127. The van der Waals surface area contributed by atoms with Gasteiger partial charge in [-0.2, -0.15) is 5.10 Å². The molecular weight excluding hydrogens is 408 g/mol. The first-order valence-corrected chi connectivity index (χ1v) is 10.2. The Kier molecular flexibility index (Phi) is 4.85. The van der Waals surface area contributed by atoms with E-state index in [1.807, 2.05) is 60.4 Å². The van der Waals surface area contributed by atoms with Gasteiger partial charge in [0.05, 0.1) is 25.5 Å². The van der Waals surface area contributed by atoms with E-state index < -0.39 is 0 Å². The zero-order valence-corrected chi connectivity index (χ0v) is 17.7. The summed E-state index contributed by atoms with van der Waals surface area (Å²) in [4.78, 5) is 30.4. The number of hydrogen-bond acceptors (Lipinski definition) is 5. The normalized spacial score (nSPS) is 13.8. The average Bonchev–Trinajstić information content (AvgIpc) is 3.41. The van der Waals surface area contributed by atoms with Crippen LogP contribution in [0.5, 0.6) is 0 Å². The highest BCUT2D eigenvalue weighted by Gasteiger charge is 2.33. The van der Waals surface area contributed by atoms with Crippen molar-refractivity contribution in [3.63, 3.8) is 0 Å². The molecule has 2 amide bonds. The van der Waals surface area contributed by atoms with Crippen LogP contribution < -0.4 is 5.32 Å². The van der Waals surface area contributed by atoms with Gasteiger partial charge in [-0.1, -0.05) is 18.2 Å². The van der Waals surface area contributed by atoms with Gasteiger partial charge in [-0.25, -0.2) is 9.78 Å². The highest BCUT2D eigenvalue weighted by Crippen LogP contribution is 2.28. The summed E-state index contributed by atoms with van der Waals surface area (Å²) in [7, 11) is 1.38. The second-order valence-corrected chi connectivity index (χ2v) is 7.79. The summed E-state index contributed by atoms with van der Waals surface area (Å²) in [6, 6.07) is 11.6. The number of benzene rings is 1. The van der Waals surface area contributed by atoms with Gasteiger partial charge in [0.15, 0.2) is 0 Å². The predicted molar refractivity (Wildman–Crippen MR) is 119 cm³/mol. The van der Waals surface area contributed by atoms with Crippen molar-refractivity contribution in [2.24, 2.45) is 0 Å². The van der Waals surface area contributed by atoms with E-state index in [0.29, 0.717) is 18.8 Å². The van der Waals surface area contributed by atoms with Crippen LogP contribution in [-0.4, -0.2) is 56.3 Å². The molecule has 32 heavy (non-hydrogen) atoms.